The molecule has 0 unspecified atom stereocenters. The molecule has 2 rings (SSSR count). The Morgan fingerprint density at radius 2 is 2.29 bits per heavy atom. The van der Waals surface area contributed by atoms with Gasteiger partial charge >= 0.3 is 0 Å². The minimum Gasteiger partial charge on any atom is -0.381 e. The lowest BCUT2D eigenvalue weighted by Crippen LogP contribution is -2.41. The molecule has 0 spiro atoms. The van der Waals surface area contributed by atoms with Crippen LogP contribution in [0.3, 0.4) is 0 Å². The second-order valence-electron chi connectivity index (χ2n) is 3.85. The van der Waals surface area contributed by atoms with Crippen LogP contribution in [0.1, 0.15) is 25.3 Å². The van der Waals surface area contributed by atoms with E-state index in [1.54, 1.807) is 0 Å². The summed E-state index contributed by atoms with van der Waals surface area (Å²) >= 11 is 0. The minimum atomic E-state index is -0.217. The summed E-state index contributed by atoms with van der Waals surface area (Å²) in [6.07, 6.45) is 5.71. The summed E-state index contributed by atoms with van der Waals surface area (Å²) in [4.78, 5) is 0. The van der Waals surface area contributed by atoms with Crippen LogP contribution in [-0.4, -0.2) is 23.0 Å². The number of hydrogen-bond acceptors (Lipinski definition) is 3. The van der Waals surface area contributed by atoms with E-state index >= 15 is 0 Å². The lowest BCUT2D eigenvalue weighted by atomic mass is 9.86. The van der Waals surface area contributed by atoms with E-state index in [4.69, 9.17) is 10.5 Å². The van der Waals surface area contributed by atoms with Crippen molar-refractivity contribution in [2.75, 3.05) is 13.2 Å². The van der Waals surface area contributed by atoms with Crippen molar-refractivity contribution >= 4 is 0 Å². The maximum Gasteiger partial charge on any atom is 0.0540 e. The third-order valence-corrected chi connectivity index (χ3v) is 2.92. The van der Waals surface area contributed by atoms with Gasteiger partial charge in [-0.3, -0.25) is 4.68 Å². The highest BCUT2D eigenvalue weighted by molar-refractivity contribution is 5.18. The molecule has 0 bridgehead atoms. The van der Waals surface area contributed by atoms with Gasteiger partial charge in [-0.1, -0.05) is 0 Å². The smallest absolute Gasteiger partial charge is 0.0540 e. The van der Waals surface area contributed by atoms with Gasteiger partial charge < -0.3 is 10.5 Å². The number of aromatic nitrogens is 2. The summed E-state index contributed by atoms with van der Waals surface area (Å²) in [7, 11) is 0. The molecule has 0 aromatic carbocycles. The molecule has 2 N–H and O–H groups in total. The lowest BCUT2D eigenvalue weighted by Gasteiger charge is -2.32. The molecule has 4 heteroatoms. The second-order valence-corrected chi connectivity index (χ2v) is 3.85. The van der Waals surface area contributed by atoms with Crippen molar-refractivity contribution in [3.63, 3.8) is 0 Å². The van der Waals surface area contributed by atoms with Gasteiger partial charge in [0.05, 0.1) is 6.20 Å². The summed E-state index contributed by atoms with van der Waals surface area (Å²) in [5.74, 6) is 0. The molecular formula is C10H17N3O. The van der Waals surface area contributed by atoms with Crippen LogP contribution in [0.15, 0.2) is 12.4 Å². The van der Waals surface area contributed by atoms with Gasteiger partial charge in [0.25, 0.3) is 0 Å². The molecule has 1 aliphatic rings. The molecule has 0 radical (unpaired) electrons. The second kappa shape index (κ2) is 3.71. The van der Waals surface area contributed by atoms with Crippen molar-refractivity contribution < 1.29 is 4.74 Å². The number of aryl methyl sites for hydroxylation is 1. The molecule has 1 aromatic heterocycles. The molecule has 2 heterocycles. The third kappa shape index (κ3) is 1.67. The molecule has 1 aliphatic heterocycles. The van der Waals surface area contributed by atoms with Crippen molar-refractivity contribution in [1.82, 2.24) is 9.78 Å². The van der Waals surface area contributed by atoms with Crippen LogP contribution in [0, 0.1) is 0 Å². The fourth-order valence-electron chi connectivity index (χ4n) is 1.82. The minimum absolute atomic E-state index is 0.217. The highest BCUT2D eigenvalue weighted by Gasteiger charge is 2.30. The van der Waals surface area contributed by atoms with Crippen molar-refractivity contribution in [1.29, 1.82) is 0 Å². The molecule has 4 nitrogen and oxygen atoms in total. The van der Waals surface area contributed by atoms with Crippen LogP contribution in [-0.2, 0) is 16.8 Å². The zero-order chi connectivity index (χ0) is 10.0. The highest BCUT2D eigenvalue weighted by Crippen LogP contribution is 2.28. The van der Waals surface area contributed by atoms with Crippen LogP contribution in [0.25, 0.3) is 0 Å². The molecule has 1 fully saturated rings. The maximum absolute atomic E-state index is 6.32. The van der Waals surface area contributed by atoms with Crippen LogP contribution in [0.4, 0.5) is 0 Å². The van der Waals surface area contributed by atoms with Crippen LogP contribution < -0.4 is 5.73 Å². The predicted octanol–water partition coefficient (Wildman–Crippen LogP) is 0.867. The lowest BCUT2D eigenvalue weighted by molar-refractivity contribution is 0.0522. The largest absolute Gasteiger partial charge is 0.381 e. The third-order valence-electron chi connectivity index (χ3n) is 2.92. The standard InChI is InChI=1S/C10H17N3O/c1-2-13-8-9(7-12-13)10(11)3-5-14-6-4-10/h7-8H,2-6,11H2,1H3. The fourth-order valence-corrected chi connectivity index (χ4v) is 1.82. The molecule has 1 saturated heterocycles. The van der Waals surface area contributed by atoms with Gasteiger partial charge in [0, 0.05) is 37.1 Å². The number of ether oxygens (including phenoxy) is 1. The SMILES string of the molecule is CCn1cc(C2(N)CCOCC2)cn1. The van der Waals surface area contributed by atoms with Crippen LogP contribution in [0.5, 0.6) is 0 Å². The molecule has 0 aliphatic carbocycles. The Balaban J connectivity index is 2.19. The monoisotopic (exact) mass is 195 g/mol. The molecule has 78 valence electrons. The van der Waals surface area contributed by atoms with Gasteiger partial charge in [-0.15, -0.1) is 0 Å². The van der Waals surface area contributed by atoms with Gasteiger partial charge in [0.2, 0.25) is 0 Å². The van der Waals surface area contributed by atoms with E-state index < -0.39 is 0 Å². The van der Waals surface area contributed by atoms with Crippen molar-refractivity contribution in [2.24, 2.45) is 5.73 Å². The molecular weight excluding hydrogens is 178 g/mol. The molecule has 0 amide bonds. The predicted molar refractivity (Wildman–Crippen MR) is 53.8 cm³/mol. The van der Waals surface area contributed by atoms with Gasteiger partial charge in [-0.05, 0) is 19.8 Å². The fraction of sp³-hybridized carbons (Fsp3) is 0.700. The first-order valence-corrected chi connectivity index (χ1v) is 5.14. The number of nitrogens with two attached hydrogens (primary N) is 1. The average molecular weight is 195 g/mol. The highest BCUT2D eigenvalue weighted by atomic mass is 16.5. The molecule has 1 aromatic rings. The van der Waals surface area contributed by atoms with Crippen molar-refractivity contribution in [3.05, 3.63) is 18.0 Å². The van der Waals surface area contributed by atoms with E-state index in [0.29, 0.717) is 0 Å². The van der Waals surface area contributed by atoms with E-state index in [1.807, 2.05) is 17.1 Å². The quantitative estimate of drug-likeness (QED) is 0.761. The Bertz CT molecular complexity index is 302. The summed E-state index contributed by atoms with van der Waals surface area (Å²) in [6, 6.07) is 0. The number of hydrogen-bond donors (Lipinski definition) is 1. The number of rotatable bonds is 2. The maximum atomic E-state index is 6.32. The average Bonchev–Trinajstić information content (AvgIpc) is 2.67. The van der Waals surface area contributed by atoms with E-state index in [1.165, 1.54) is 0 Å². The molecule has 14 heavy (non-hydrogen) atoms. The van der Waals surface area contributed by atoms with Gasteiger partial charge in [0.1, 0.15) is 0 Å². The van der Waals surface area contributed by atoms with E-state index in [0.717, 1.165) is 38.2 Å². The summed E-state index contributed by atoms with van der Waals surface area (Å²) < 4.78 is 7.23. The zero-order valence-corrected chi connectivity index (χ0v) is 8.57. The van der Waals surface area contributed by atoms with Gasteiger partial charge in [-0.2, -0.15) is 5.10 Å². The van der Waals surface area contributed by atoms with E-state index in [2.05, 4.69) is 12.0 Å². The Kier molecular flexibility index (Phi) is 2.56. The summed E-state index contributed by atoms with van der Waals surface area (Å²) in [6.45, 7) is 4.48. The first-order chi connectivity index (χ1) is 6.74. The summed E-state index contributed by atoms with van der Waals surface area (Å²) in [5.41, 5.74) is 7.24. The Morgan fingerprint density at radius 3 is 2.86 bits per heavy atom. The van der Waals surface area contributed by atoms with E-state index in [9.17, 15) is 0 Å². The molecule has 0 saturated carbocycles. The zero-order valence-electron chi connectivity index (χ0n) is 8.57. The molecule has 0 atom stereocenters. The van der Waals surface area contributed by atoms with E-state index in [-0.39, 0.29) is 5.54 Å². The van der Waals surface area contributed by atoms with Crippen molar-refractivity contribution in [3.8, 4) is 0 Å². The normalized spacial score (nSPS) is 21.0. The first-order valence-electron chi connectivity index (χ1n) is 5.14. The first kappa shape index (κ1) is 9.68. The van der Waals surface area contributed by atoms with Gasteiger partial charge in [-0.25, -0.2) is 0 Å². The van der Waals surface area contributed by atoms with Crippen molar-refractivity contribution in [2.45, 2.75) is 31.8 Å². The number of nitrogens with zero attached hydrogens (tertiary/aromatic N) is 2. The van der Waals surface area contributed by atoms with Crippen LogP contribution in [0.2, 0.25) is 0 Å². The summed E-state index contributed by atoms with van der Waals surface area (Å²) in [5, 5.41) is 4.25. The van der Waals surface area contributed by atoms with Gasteiger partial charge in [0.15, 0.2) is 0 Å². The Hall–Kier alpha value is -0.870. The Morgan fingerprint density at radius 1 is 1.57 bits per heavy atom. The topological polar surface area (TPSA) is 53.1 Å². The van der Waals surface area contributed by atoms with Crippen LogP contribution >= 0.6 is 0 Å². The Labute approximate surface area is 84.0 Å².